The molecule has 0 aliphatic rings. The van der Waals surface area contributed by atoms with Crippen molar-refractivity contribution in [2.24, 2.45) is 0 Å². The van der Waals surface area contributed by atoms with Gasteiger partial charge < -0.3 is 8.98 Å². The fraction of sp³-hybridized carbons (Fsp3) is 0. The summed E-state index contributed by atoms with van der Waals surface area (Å²) >= 11 is 0. The Bertz CT molecular complexity index is 2240. The Morgan fingerprint density at radius 1 is 0.475 bits per heavy atom. The van der Waals surface area contributed by atoms with Gasteiger partial charge in [-0.25, -0.2) is 0 Å². The number of nitrogens with zero attached hydrogens (tertiary/aromatic N) is 2. The summed E-state index contributed by atoms with van der Waals surface area (Å²) in [6.45, 7) is 0. The maximum Gasteiger partial charge on any atom is 0.136 e. The zero-order valence-corrected chi connectivity index (χ0v) is 21.5. The van der Waals surface area contributed by atoms with E-state index in [1.165, 1.54) is 10.8 Å². The zero-order chi connectivity index (χ0) is 26.6. The normalized spacial score (nSPS) is 11.5. The maximum absolute atomic E-state index is 10.6. The van der Waals surface area contributed by atoms with Crippen LogP contribution in [0.3, 0.4) is 0 Å². The maximum atomic E-state index is 10.6. The molecule has 0 bridgehead atoms. The van der Waals surface area contributed by atoms with Crippen LogP contribution in [0.1, 0.15) is 5.56 Å². The Kier molecular flexibility index (Phi) is 4.89. The molecule has 3 nitrogen and oxygen atoms in total. The monoisotopic (exact) mass is 510 g/mol. The van der Waals surface area contributed by atoms with E-state index in [0.717, 1.165) is 60.9 Å². The van der Waals surface area contributed by atoms with Gasteiger partial charge in [0.1, 0.15) is 17.2 Å². The van der Waals surface area contributed by atoms with Gasteiger partial charge in [-0.15, -0.1) is 0 Å². The van der Waals surface area contributed by atoms with Crippen molar-refractivity contribution in [2.45, 2.75) is 0 Å². The summed E-state index contributed by atoms with van der Waals surface area (Å²) in [6.07, 6.45) is 0. The van der Waals surface area contributed by atoms with E-state index in [4.69, 9.17) is 4.42 Å². The minimum Gasteiger partial charge on any atom is -0.456 e. The standard InChI is InChI=1S/C37H22N2O/c38-23-31-24(15-9-16-25(31)29-17-10-22-36-37(29)30-14-4-8-21-35(30)40-36)26-11-1-5-18-32(26)39-33-19-6-2-12-27(33)28-13-3-7-20-34(28)39/h1-22H. The van der Waals surface area contributed by atoms with Crippen LogP contribution in [0.2, 0.25) is 0 Å². The minimum absolute atomic E-state index is 0.647. The van der Waals surface area contributed by atoms with Crippen LogP contribution in [0.5, 0.6) is 0 Å². The average molecular weight is 511 g/mol. The molecule has 0 radical (unpaired) electrons. The van der Waals surface area contributed by atoms with Crippen molar-refractivity contribution < 1.29 is 4.42 Å². The van der Waals surface area contributed by atoms with Gasteiger partial charge in [-0.2, -0.15) is 5.26 Å². The lowest BCUT2D eigenvalue weighted by atomic mass is 9.90. The molecule has 0 unspecified atom stereocenters. The van der Waals surface area contributed by atoms with Gasteiger partial charge in [-0.1, -0.05) is 103 Å². The van der Waals surface area contributed by atoms with Gasteiger partial charge in [0.2, 0.25) is 0 Å². The number of hydrogen-bond acceptors (Lipinski definition) is 2. The highest BCUT2D eigenvalue weighted by atomic mass is 16.3. The molecule has 40 heavy (non-hydrogen) atoms. The first-order valence-corrected chi connectivity index (χ1v) is 13.4. The van der Waals surface area contributed by atoms with Crippen LogP contribution in [0.4, 0.5) is 0 Å². The lowest BCUT2D eigenvalue weighted by Crippen LogP contribution is -1.99. The van der Waals surface area contributed by atoms with Gasteiger partial charge >= 0.3 is 0 Å². The molecule has 8 rings (SSSR count). The molecule has 186 valence electrons. The third kappa shape index (κ3) is 3.17. The van der Waals surface area contributed by atoms with Crippen molar-refractivity contribution in [2.75, 3.05) is 0 Å². The molecule has 6 aromatic carbocycles. The highest BCUT2D eigenvalue weighted by Crippen LogP contribution is 2.42. The van der Waals surface area contributed by atoms with E-state index in [9.17, 15) is 5.26 Å². The van der Waals surface area contributed by atoms with Crippen molar-refractivity contribution >= 4 is 43.7 Å². The number of furan rings is 1. The fourth-order valence-corrected chi connectivity index (χ4v) is 6.20. The predicted octanol–water partition coefficient (Wildman–Crippen LogP) is 9.89. The third-order valence-electron chi connectivity index (χ3n) is 7.88. The van der Waals surface area contributed by atoms with Gasteiger partial charge in [0.25, 0.3) is 0 Å². The van der Waals surface area contributed by atoms with Crippen molar-refractivity contribution in [3.63, 3.8) is 0 Å². The number of para-hydroxylation sites is 4. The summed E-state index contributed by atoms with van der Waals surface area (Å²) in [5, 5.41) is 15.1. The quantitative estimate of drug-likeness (QED) is 0.237. The lowest BCUT2D eigenvalue weighted by Gasteiger charge is -2.16. The number of fused-ring (bicyclic) bond motifs is 6. The molecule has 0 spiro atoms. The summed E-state index contributed by atoms with van der Waals surface area (Å²) < 4.78 is 8.48. The van der Waals surface area contributed by atoms with E-state index in [1.807, 2.05) is 42.5 Å². The topological polar surface area (TPSA) is 41.9 Å². The highest BCUT2D eigenvalue weighted by Gasteiger charge is 2.20. The van der Waals surface area contributed by atoms with Crippen molar-refractivity contribution in [3.05, 3.63) is 139 Å². The van der Waals surface area contributed by atoms with E-state index in [0.29, 0.717) is 5.56 Å². The molecule has 0 saturated heterocycles. The molecule has 0 amide bonds. The third-order valence-corrected chi connectivity index (χ3v) is 7.88. The average Bonchev–Trinajstić information content (AvgIpc) is 3.56. The van der Waals surface area contributed by atoms with Crippen LogP contribution in [-0.2, 0) is 0 Å². The molecule has 0 atom stereocenters. The van der Waals surface area contributed by atoms with Crippen LogP contribution in [0.25, 0.3) is 71.7 Å². The molecule has 0 aliphatic heterocycles. The Morgan fingerprint density at radius 3 is 1.75 bits per heavy atom. The first-order valence-electron chi connectivity index (χ1n) is 13.4. The number of hydrogen-bond donors (Lipinski definition) is 0. The van der Waals surface area contributed by atoms with E-state index in [1.54, 1.807) is 0 Å². The van der Waals surface area contributed by atoms with Crippen molar-refractivity contribution in [1.82, 2.24) is 4.57 Å². The van der Waals surface area contributed by atoms with Crippen molar-refractivity contribution in [3.8, 4) is 34.0 Å². The molecule has 0 fully saturated rings. The zero-order valence-electron chi connectivity index (χ0n) is 21.5. The molecular weight excluding hydrogens is 488 g/mol. The number of aromatic nitrogens is 1. The highest BCUT2D eigenvalue weighted by molar-refractivity contribution is 6.13. The number of nitriles is 1. The smallest absolute Gasteiger partial charge is 0.136 e. The fourth-order valence-electron chi connectivity index (χ4n) is 6.20. The van der Waals surface area contributed by atoms with Crippen LogP contribution >= 0.6 is 0 Å². The Hall–Kier alpha value is -5.59. The van der Waals surface area contributed by atoms with Gasteiger partial charge in [0.15, 0.2) is 0 Å². The number of benzene rings is 6. The lowest BCUT2D eigenvalue weighted by molar-refractivity contribution is 0.669. The van der Waals surface area contributed by atoms with Crippen LogP contribution in [0, 0.1) is 11.3 Å². The molecular formula is C37H22N2O. The minimum atomic E-state index is 0.647. The summed E-state index contributed by atoms with van der Waals surface area (Å²) in [5.41, 5.74) is 9.44. The second-order valence-corrected chi connectivity index (χ2v) is 10.0. The van der Waals surface area contributed by atoms with Gasteiger partial charge in [-0.05, 0) is 35.9 Å². The Morgan fingerprint density at radius 2 is 1.00 bits per heavy atom. The molecule has 2 aromatic heterocycles. The van der Waals surface area contributed by atoms with Crippen LogP contribution < -0.4 is 0 Å². The molecule has 0 aliphatic carbocycles. The Balaban J connectivity index is 1.42. The first kappa shape index (κ1) is 22.4. The summed E-state index contributed by atoms with van der Waals surface area (Å²) in [4.78, 5) is 0. The van der Waals surface area contributed by atoms with Crippen LogP contribution in [-0.4, -0.2) is 4.57 Å². The molecule has 0 saturated carbocycles. The van der Waals surface area contributed by atoms with Crippen molar-refractivity contribution in [1.29, 1.82) is 5.26 Å². The molecule has 0 N–H and O–H groups in total. The molecule has 3 heteroatoms. The summed E-state index contributed by atoms with van der Waals surface area (Å²) in [5.74, 6) is 0. The summed E-state index contributed by atoms with van der Waals surface area (Å²) in [6, 6.07) is 48.3. The number of rotatable bonds is 3. The van der Waals surface area contributed by atoms with E-state index < -0.39 is 0 Å². The predicted molar refractivity (Wildman–Crippen MR) is 164 cm³/mol. The van der Waals surface area contributed by atoms with E-state index >= 15 is 0 Å². The van der Waals surface area contributed by atoms with E-state index in [2.05, 4.69) is 102 Å². The second kappa shape index (κ2) is 8.73. The summed E-state index contributed by atoms with van der Waals surface area (Å²) in [7, 11) is 0. The second-order valence-electron chi connectivity index (χ2n) is 10.0. The van der Waals surface area contributed by atoms with Crippen LogP contribution in [0.15, 0.2) is 138 Å². The molecule has 2 heterocycles. The van der Waals surface area contributed by atoms with Gasteiger partial charge in [0, 0.05) is 38.2 Å². The SMILES string of the molecule is N#Cc1c(-c2ccccc2-n2c3ccccc3c3ccccc32)cccc1-c1cccc2oc3ccccc3c12. The van der Waals surface area contributed by atoms with Gasteiger partial charge in [-0.3, -0.25) is 0 Å². The Labute approximate surface area is 230 Å². The first-order chi connectivity index (χ1) is 19.8. The van der Waals surface area contributed by atoms with E-state index in [-0.39, 0.29) is 0 Å². The molecule has 8 aromatic rings. The van der Waals surface area contributed by atoms with Gasteiger partial charge in [0.05, 0.1) is 22.3 Å². The largest absolute Gasteiger partial charge is 0.456 e.